The van der Waals surface area contributed by atoms with Crippen LogP contribution in [0.1, 0.15) is 40.0 Å². The van der Waals surface area contributed by atoms with Crippen LogP contribution in [0, 0.1) is 0 Å². The van der Waals surface area contributed by atoms with E-state index in [1.165, 1.54) is 7.11 Å². The van der Waals surface area contributed by atoms with Crippen molar-refractivity contribution in [3.05, 3.63) is 12.7 Å². The second kappa shape index (κ2) is 8.35. The molecule has 1 atom stereocenters. The van der Waals surface area contributed by atoms with Crippen LogP contribution in [0.3, 0.4) is 0 Å². The Labute approximate surface area is 119 Å². The number of hydrogen-bond donors (Lipinski definition) is 1. The van der Waals surface area contributed by atoms with Crippen LogP contribution >= 0.6 is 0 Å². The van der Waals surface area contributed by atoms with E-state index in [1.54, 1.807) is 26.8 Å². The summed E-state index contributed by atoms with van der Waals surface area (Å²) in [5.41, 5.74) is -0.648. The van der Waals surface area contributed by atoms with Crippen molar-refractivity contribution in [1.82, 2.24) is 5.32 Å². The molecular weight excluding hydrogens is 262 g/mol. The Balaban J connectivity index is 4.57. The summed E-state index contributed by atoms with van der Waals surface area (Å²) >= 11 is 0. The van der Waals surface area contributed by atoms with Crippen molar-refractivity contribution < 1.29 is 23.9 Å². The van der Waals surface area contributed by atoms with Gasteiger partial charge in [0.1, 0.15) is 11.6 Å². The lowest BCUT2D eigenvalue weighted by molar-refractivity contribution is -0.159. The van der Waals surface area contributed by atoms with Gasteiger partial charge in [-0.1, -0.05) is 6.08 Å². The van der Waals surface area contributed by atoms with Crippen LogP contribution in [0.15, 0.2) is 12.7 Å². The third-order valence-electron chi connectivity index (χ3n) is 2.19. The van der Waals surface area contributed by atoms with Gasteiger partial charge < -0.3 is 14.8 Å². The van der Waals surface area contributed by atoms with Crippen molar-refractivity contribution in [3.8, 4) is 0 Å². The summed E-state index contributed by atoms with van der Waals surface area (Å²) in [6, 6.07) is -1.04. The quantitative estimate of drug-likeness (QED) is 0.564. The molecule has 0 bridgehead atoms. The van der Waals surface area contributed by atoms with Gasteiger partial charge in [0.05, 0.1) is 13.5 Å². The molecule has 0 aromatic rings. The Morgan fingerprint density at radius 2 is 1.90 bits per heavy atom. The SMILES string of the molecule is C=CCCC(=O)NC(CC(=O)OC(C)(C)C)C(=O)OC. The first kappa shape index (κ1) is 18.1. The molecule has 0 saturated carbocycles. The van der Waals surface area contributed by atoms with E-state index < -0.39 is 23.6 Å². The molecule has 0 spiro atoms. The van der Waals surface area contributed by atoms with Crippen molar-refractivity contribution in [1.29, 1.82) is 0 Å². The van der Waals surface area contributed by atoms with Crippen LogP contribution in [0.2, 0.25) is 0 Å². The summed E-state index contributed by atoms with van der Waals surface area (Å²) in [5.74, 6) is -1.59. The largest absolute Gasteiger partial charge is 0.467 e. The second-order valence-corrected chi connectivity index (χ2v) is 5.26. The number of hydrogen-bond acceptors (Lipinski definition) is 5. The van der Waals surface area contributed by atoms with Crippen molar-refractivity contribution in [3.63, 3.8) is 0 Å². The van der Waals surface area contributed by atoms with E-state index in [9.17, 15) is 14.4 Å². The molecule has 1 N–H and O–H groups in total. The summed E-state index contributed by atoms with van der Waals surface area (Å²) < 4.78 is 9.68. The molecule has 0 rings (SSSR count). The van der Waals surface area contributed by atoms with Crippen molar-refractivity contribution >= 4 is 17.8 Å². The maximum absolute atomic E-state index is 11.7. The number of allylic oxidation sites excluding steroid dienone is 1. The standard InChI is InChI=1S/C14H23NO5/c1-6-7-8-11(16)15-10(13(18)19-5)9-12(17)20-14(2,3)4/h6,10H,1,7-9H2,2-5H3,(H,15,16). The van der Waals surface area contributed by atoms with E-state index in [0.29, 0.717) is 6.42 Å². The number of nitrogens with one attached hydrogen (secondary N) is 1. The fourth-order valence-electron chi connectivity index (χ4n) is 1.39. The van der Waals surface area contributed by atoms with Crippen LogP contribution in [-0.2, 0) is 23.9 Å². The molecule has 0 heterocycles. The molecule has 0 aromatic carbocycles. The summed E-state index contributed by atoms with van der Waals surface area (Å²) in [5, 5.41) is 2.46. The molecule has 0 aromatic heterocycles. The zero-order valence-corrected chi connectivity index (χ0v) is 12.5. The number of ether oxygens (including phenoxy) is 2. The van der Waals surface area contributed by atoms with Gasteiger partial charge in [-0.3, -0.25) is 9.59 Å². The van der Waals surface area contributed by atoms with E-state index in [0.717, 1.165) is 0 Å². The maximum atomic E-state index is 11.7. The predicted octanol–water partition coefficient (Wildman–Crippen LogP) is 1.34. The summed E-state index contributed by atoms with van der Waals surface area (Å²) in [7, 11) is 1.19. The molecule has 1 unspecified atom stereocenters. The number of methoxy groups -OCH3 is 1. The summed E-state index contributed by atoms with van der Waals surface area (Å²) in [6.45, 7) is 8.67. The molecule has 0 saturated heterocycles. The molecule has 1 amide bonds. The molecule has 20 heavy (non-hydrogen) atoms. The molecule has 0 radical (unpaired) electrons. The van der Waals surface area contributed by atoms with E-state index in [2.05, 4.69) is 16.6 Å². The van der Waals surface area contributed by atoms with E-state index in [1.807, 2.05) is 0 Å². The number of amides is 1. The van der Waals surface area contributed by atoms with Gasteiger partial charge in [-0.25, -0.2) is 4.79 Å². The van der Waals surface area contributed by atoms with Crippen molar-refractivity contribution in [2.24, 2.45) is 0 Å². The van der Waals surface area contributed by atoms with Gasteiger partial charge in [-0.05, 0) is 27.2 Å². The summed E-state index contributed by atoms with van der Waals surface area (Å²) in [4.78, 5) is 34.8. The Morgan fingerprint density at radius 1 is 1.30 bits per heavy atom. The smallest absolute Gasteiger partial charge is 0.328 e. The van der Waals surface area contributed by atoms with Crippen LogP contribution in [0.25, 0.3) is 0 Å². The molecule has 6 heteroatoms. The number of esters is 2. The fourth-order valence-corrected chi connectivity index (χ4v) is 1.39. The molecule has 0 aliphatic rings. The van der Waals surface area contributed by atoms with Crippen molar-refractivity contribution in [2.45, 2.75) is 51.7 Å². The van der Waals surface area contributed by atoms with Gasteiger partial charge in [0.2, 0.25) is 5.91 Å². The fraction of sp³-hybridized carbons (Fsp3) is 0.643. The lowest BCUT2D eigenvalue weighted by Crippen LogP contribution is -2.43. The van der Waals surface area contributed by atoms with Gasteiger partial charge in [-0.2, -0.15) is 0 Å². The Morgan fingerprint density at radius 3 is 2.35 bits per heavy atom. The number of rotatable bonds is 7. The molecule has 0 aliphatic carbocycles. The van der Waals surface area contributed by atoms with E-state index in [4.69, 9.17) is 4.74 Å². The van der Waals surface area contributed by atoms with Gasteiger partial charge in [-0.15, -0.1) is 6.58 Å². The van der Waals surface area contributed by atoms with E-state index >= 15 is 0 Å². The second-order valence-electron chi connectivity index (χ2n) is 5.26. The first-order valence-electron chi connectivity index (χ1n) is 6.39. The molecule has 6 nitrogen and oxygen atoms in total. The highest BCUT2D eigenvalue weighted by molar-refractivity contribution is 5.88. The maximum Gasteiger partial charge on any atom is 0.328 e. The van der Waals surface area contributed by atoms with Crippen LogP contribution in [0.5, 0.6) is 0 Å². The van der Waals surface area contributed by atoms with Crippen LogP contribution < -0.4 is 5.32 Å². The minimum absolute atomic E-state index is 0.200. The zero-order chi connectivity index (χ0) is 15.8. The molecule has 0 aliphatic heterocycles. The minimum atomic E-state index is -1.04. The Kier molecular flexibility index (Phi) is 7.57. The van der Waals surface area contributed by atoms with Gasteiger partial charge >= 0.3 is 11.9 Å². The Bertz CT molecular complexity index is 370. The van der Waals surface area contributed by atoms with Gasteiger partial charge in [0.25, 0.3) is 0 Å². The van der Waals surface area contributed by atoms with Crippen molar-refractivity contribution in [2.75, 3.05) is 7.11 Å². The highest BCUT2D eigenvalue weighted by Crippen LogP contribution is 2.10. The monoisotopic (exact) mass is 285 g/mol. The highest BCUT2D eigenvalue weighted by Gasteiger charge is 2.27. The molecular formula is C14H23NO5. The lowest BCUT2D eigenvalue weighted by Gasteiger charge is -2.21. The average Bonchev–Trinajstić information content (AvgIpc) is 2.32. The highest BCUT2D eigenvalue weighted by atomic mass is 16.6. The van der Waals surface area contributed by atoms with Crippen LogP contribution in [-0.4, -0.2) is 36.6 Å². The summed E-state index contributed by atoms with van der Waals surface area (Å²) in [6.07, 6.45) is 2.03. The minimum Gasteiger partial charge on any atom is -0.467 e. The first-order valence-corrected chi connectivity index (χ1v) is 6.39. The predicted molar refractivity (Wildman–Crippen MR) is 73.8 cm³/mol. The third-order valence-corrected chi connectivity index (χ3v) is 2.19. The Hall–Kier alpha value is -1.85. The number of carbonyl (C=O) groups is 3. The lowest BCUT2D eigenvalue weighted by atomic mass is 10.1. The van der Waals surface area contributed by atoms with Gasteiger partial charge in [0.15, 0.2) is 0 Å². The van der Waals surface area contributed by atoms with Gasteiger partial charge in [0, 0.05) is 6.42 Å². The van der Waals surface area contributed by atoms with Crippen LogP contribution in [0.4, 0.5) is 0 Å². The molecule has 114 valence electrons. The molecule has 0 fully saturated rings. The third kappa shape index (κ3) is 8.29. The normalized spacial score (nSPS) is 12.2. The zero-order valence-electron chi connectivity index (χ0n) is 12.5. The van der Waals surface area contributed by atoms with E-state index in [-0.39, 0.29) is 18.7 Å². The average molecular weight is 285 g/mol. The first-order chi connectivity index (χ1) is 9.19. The number of carbonyl (C=O) groups excluding carboxylic acids is 3. The topological polar surface area (TPSA) is 81.7 Å².